The predicted molar refractivity (Wildman–Crippen MR) is 114 cm³/mol. The molecule has 4 rings (SSSR count). The van der Waals surface area contributed by atoms with Crippen LogP contribution in [0.4, 0.5) is 0 Å². The van der Waals surface area contributed by atoms with Crippen molar-refractivity contribution in [3.8, 4) is 11.4 Å². The van der Waals surface area contributed by atoms with E-state index in [0.29, 0.717) is 28.1 Å². The summed E-state index contributed by atoms with van der Waals surface area (Å²) in [6.45, 7) is 1.05. The second kappa shape index (κ2) is 8.87. The molecule has 0 spiro atoms. The maximum atomic E-state index is 12.6. The van der Waals surface area contributed by atoms with Crippen LogP contribution < -0.4 is 15.9 Å². The van der Waals surface area contributed by atoms with E-state index in [1.165, 1.54) is 48.3 Å². The van der Waals surface area contributed by atoms with E-state index in [0.717, 1.165) is 6.54 Å². The fourth-order valence-electron chi connectivity index (χ4n) is 3.95. The fraction of sp³-hybridized carbons (Fsp3) is 0.429. The topological polar surface area (TPSA) is 83.9 Å². The van der Waals surface area contributed by atoms with Gasteiger partial charge in [0.25, 0.3) is 0 Å². The van der Waals surface area contributed by atoms with Gasteiger partial charge in [0.1, 0.15) is 11.4 Å². The lowest BCUT2D eigenvalue weighted by Gasteiger charge is -2.20. The molecule has 0 unspecified atom stereocenters. The molecular formula is C21H24ClN5O3. The zero-order valence-electron chi connectivity index (χ0n) is 16.8. The van der Waals surface area contributed by atoms with E-state index in [1.807, 2.05) is 10.9 Å². The summed E-state index contributed by atoms with van der Waals surface area (Å²) < 4.78 is 9.58. The van der Waals surface area contributed by atoms with Crippen molar-refractivity contribution in [2.24, 2.45) is 5.92 Å². The van der Waals surface area contributed by atoms with Crippen molar-refractivity contribution in [3.63, 3.8) is 0 Å². The third-order valence-corrected chi connectivity index (χ3v) is 5.86. The zero-order chi connectivity index (χ0) is 21.1. The number of ether oxygens (including phenoxy) is 1. The molecule has 1 aromatic carbocycles. The van der Waals surface area contributed by atoms with E-state index in [1.54, 1.807) is 30.6 Å². The van der Waals surface area contributed by atoms with Crippen molar-refractivity contribution in [3.05, 3.63) is 68.2 Å². The number of rotatable bonds is 6. The molecule has 0 amide bonds. The Morgan fingerprint density at radius 3 is 2.67 bits per heavy atom. The standard InChI is InChI=1S/C21H24ClN5O3/c1-30-19-8-7-17(11-18(19)22)27-10-9-25(20(28)21(27)29)13-16-14-26(24-23-16)12-15-5-3-2-4-6-15/h7-11,14-15H,2-6,12-13H2,1H3. The van der Waals surface area contributed by atoms with Crippen LogP contribution in [-0.2, 0) is 13.1 Å². The molecule has 1 aliphatic rings. The summed E-state index contributed by atoms with van der Waals surface area (Å²) >= 11 is 6.14. The molecule has 1 saturated carbocycles. The van der Waals surface area contributed by atoms with E-state index in [2.05, 4.69) is 10.3 Å². The van der Waals surface area contributed by atoms with Gasteiger partial charge in [-0.05, 0) is 37.0 Å². The molecule has 158 valence electrons. The number of aromatic nitrogens is 5. The van der Waals surface area contributed by atoms with Crippen LogP contribution in [0.1, 0.15) is 37.8 Å². The van der Waals surface area contributed by atoms with Crippen molar-refractivity contribution in [1.82, 2.24) is 24.1 Å². The molecule has 0 bridgehead atoms. The third kappa shape index (κ3) is 4.33. The molecule has 1 fully saturated rings. The van der Waals surface area contributed by atoms with Crippen molar-refractivity contribution in [1.29, 1.82) is 0 Å². The minimum absolute atomic E-state index is 0.197. The lowest BCUT2D eigenvalue weighted by molar-refractivity contribution is 0.305. The first-order chi connectivity index (χ1) is 14.5. The molecule has 0 radical (unpaired) electrons. The Kier molecular flexibility index (Phi) is 6.03. The van der Waals surface area contributed by atoms with Crippen molar-refractivity contribution < 1.29 is 4.74 Å². The van der Waals surface area contributed by atoms with Crippen LogP contribution in [-0.4, -0.2) is 31.2 Å². The van der Waals surface area contributed by atoms with E-state index >= 15 is 0 Å². The smallest absolute Gasteiger partial charge is 0.320 e. The van der Waals surface area contributed by atoms with E-state index in [4.69, 9.17) is 16.3 Å². The SMILES string of the molecule is COc1ccc(-n2ccn(Cc3cn(CC4CCCCC4)nn3)c(=O)c2=O)cc1Cl. The number of halogens is 1. The lowest BCUT2D eigenvalue weighted by atomic mass is 9.89. The van der Waals surface area contributed by atoms with Gasteiger partial charge in [-0.2, -0.15) is 0 Å². The predicted octanol–water partition coefficient (Wildman–Crippen LogP) is 2.88. The number of methoxy groups -OCH3 is 1. The van der Waals surface area contributed by atoms with Gasteiger partial charge in [0.15, 0.2) is 0 Å². The van der Waals surface area contributed by atoms with E-state index < -0.39 is 11.1 Å². The van der Waals surface area contributed by atoms with Crippen LogP contribution in [0.25, 0.3) is 5.69 Å². The van der Waals surface area contributed by atoms with Crippen LogP contribution >= 0.6 is 11.6 Å². The van der Waals surface area contributed by atoms with Gasteiger partial charge in [-0.15, -0.1) is 5.10 Å². The summed E-state index contributed by atoms with van der Waals surface area (Å²) in [6, 6.07) is 4.91. The molecule has 2 aromatic heterocycles. The highest BCUT2D eigenvalue weighted by Crippen LogP contribution is 2.26. The molecule has 0 aliphatic heterocycles. The average Bonchev–Trinajstić information content (AvgIpc) is 3.19. The van der Waals surface area contributed by atoms with E-state index in [9.17, 15) is 9.59 Å². The average molecular weight is 430 g/mol. The summed E-state index contributed by atoms with van der Waals surface area (Å²) in [5, 5.41) is 8.72. The molecule has 1 aliphatic carbocycles. The zero-order valence-corrected chi connectivity index (χ0v) is 17.6. The van der Waals surface area contributed by atoms with Crippen LogP contribution in [0.15, 0.2) is 46.4 Å². The summed E-state index contributed by atoms with van der Waals surface area (Å²) in [4.78, 5) is 25.2. The first-order valence-electron chi connectivity index (χ1n) is 10.1. The molecule has 2 heterocycles. The Hall–Kier alpha value is -2.87. The van der Waals surface area contributed by atoms with Gasteiger partial charge >= 0.3 is 11.1 Å². The Balaban J connectivity index is 1.52. The Morgan fingerprint density at radius 1 is 1.13 bits per heavy atom. The second-order valence-electron chi connectivity index (χ2n) is 7.66. The Morgan fingerprint density at radius 2 is 1.93 bits per heavy atom. The van der Waals surface area contributed by atoms with Crippen LogP contribution in [0.3, 0.4) is 0 Å². The quantitative estimate of drug-likeness (QED) is 0.562. The van der Waals surface area contributed by atoms with Crippen LogP contribution in [0, 0.1) is 5.92 Å². The fourth-order valence-corrected chi connectivity index (χ4v) is 4.20. The third-order valence-electron chi connectivity index (χ3n) is 5.56. The van der Waals surface area contributed by atoms with Crippen molar-refractivity contribution in [2.75, 3.05) is 7.11 Å². The maximum Gasteiger partial charge on any atom is 0.320 e. The Bertz CT molecular complexity index is 1140. The Labute approximate surface area is 178 Å². The molecule has 8 nitrogen and oxygen atoms in total. The second-order valence-corrected chi connectivity index (χ2v) is 8.07. The summed E-state index contributed by atoms with van der Waals surface area (Å²) in [5.74, 6) is 1.13. The lowest BCUT2D eigenvalue weighted by Crippen LogP contribution is -2.40. The largest absolute Gasteiger partial charge is 0.495 e. The molecule has 0 atom stereocenters. The molecular weight excluding hydrogens is 406 g/mol. The number of hydrogen-bond acceptors (Lipinski definition) is 5. The maximum absolute atomic E-state index is 12.6. The summed E-state index contributed by atoms with van der Waals surface area (Å²) in [5.41, 5.74) is -0.148. The van der Waals surface area contributed by atoms with E-state index in [-0.39, 0.29) is 6.54 Å². The van der Waals surface area contributed by atoms with Crippen molar-refractivity contribution in [2.45, 2.75) is 45.2 Å². The number of hydrogen-bond donors (Lipinski definition) is 0. The highest BCUT2D eigenvalue weighted by Gasteiger charge is 2.15. The minimum atomic E-state index is -0.659. The highest BCUT2D eigenvalue weighted by molar-refractivity contribution is 6.32. The molecule has 3 aromatic rings. The van der Waals surface area contributed by atoms with Gasteiger partial charge in [0, 0.05) is 18.9 Å². The van der Waals surface area contributed by atoms with Crippen LogP contribution in [0.2, 0.25) is 5.02 Å². The van der Waals surface area contributed by atoms with Gasteiger partial charge in [-0.3, -0.25) is 18.8 Å². The van der Waals surface area contributed by atoms with Crippen LogP contribution in [0.5, 0.6) is 5.75 Å². The monoisotopic (exact) mass is 429 g/mol. The van der Waals surface area contributed by atoms with Gasteiger partial charge < -0.3 is 9.30 Å². The van der Waals surface area contributed by atoms with Gasteiger partial charge in [0.05, 0.1) is 30.6 Å². The number of nitrogens with zero attached hydrogens (tertiary/aromatic N) is 5. The number of benzene rings is 1. The minimum Gasteiger partial charge on any atom is -0.495 e. The van der Waals surface area contributed by atoms with Gasteiger partial charge in [0.2, 0.25) is 0 Å². The molecule has 0 saturated heterocycles. The summed E-state index contributed by atoms with van der Waals surface area (Å²) in [7, 11) is 1.51. The van der Waals surface area contributed by atoms with Crippen molar-refractivity contribution >= 4 is 11.6 Å². The first-order valence-corrected chi connectivity index (χ1v) is 10.5. The van der Waals surface area contributed by atoms with Gasteiger partial charge in [-0.1, -0.05) is 36.1 Å². The summed E-state index contributed by atoms with van der Waals surface area (Å²) in [6.07, 6.45) is 11.3. The molecule has 30 heavy (non-hydrogen) atoms. The normalized spacial score (nSPS) is 14.7. The molecule has 9 heteroatoms. The first kappa shape index (κ1) is 20.4. The highest BCUT2D eigenvalue weighted by atomic mass is 35.5. The molecule has 0 N–H and O–H groups in total. The van der Waals surface area contributed by atoms with Gasteiger partial charge in [-0.25, -0.2) is 0 Å².